The van der Waals surface area contributed by atoms with E-state index in [4.69, 9.17) is 14.9 Å². The minimum absolute atomic E-state index is 0.0752. The summed E-state index contributed by atoms with van der Waals surface area (Å²) in [6.07, 6.45) is 0.720. The third kappa shape index (κ3) is 6.01. The number of likely N-dealkylation sites (N-methyl/N-ethyl adjacent to an activating group) is 1. The topological polar surface area (TPSA) is 82.0 Å². The maximum atomic E-state index is 10.8. The number of aliphatic hydroxyl groups excluding tert-OH is 1. The Labute approximate surface area is 125 Å². The van der Waals surface area contributed by atoms with Gasteiger partial charge in [0.25, 0.3) is 0 Å². The van der Waals surface area contributed by atoms with Gasteiger partial charge in [-0.2, -0.15) is 0 Å². The second kappa shape index (κ2) is 9.20. The number of rotatable bonds is 10. The summed E-state index contributed by atoms with van der Waals surface area (Å²) < 4.78 is 5.61. The van der Waals surface area contributed by atoms with E-state index in [2.05, 4.69) is 5.32 Å². The van der Waals surface area contributed by atoms with Crippen molar-refractivity contribution in [1.29, 1.82) is 0 Å². The molecule has 0 spiro atoms. The minimum atomic E-state index is -0.880. The van der Waals surface area contributed by atoms with Crippen LogP contribution in [0.2, 0.25) is 0 Å². The molecule has 0 atom stereocenters. The van der Waals surface area contributed by atoms with E-state index in [-0.39, 0.29) is 13.2 Å². The lowest BCUT2D eigenvalue weighted by atomic mass is 10.1. The van der Waals surface area contributed by atoms with E-state index < -0.39 is 5.97 Å². The molecule has 0 amide bonds. The van der Waals surface area contributed by atoms with E-state index in [1.54, 1.807) is 11.9 Å². The molecule has 21 heavy (non-hydrogen) atoms. The highest BCUT2D eigenvalue weighted by molar-refractivity contribution is 5.75. The molecule has 0 aliphatic carbocycles. The Balaban J connectivity index is 2.78. The average molecular weight is 296 g/mol. The van der Waals surface area contributed by atoms with Gasteiger partial charge < -0.3 is 25.2 Å². The van der Waals surface area contributed by atoms with E-state index in [1.165, 1.54) is 0 Å². The molecule has 0 radical (unpaired) electrons. The van der Waals surface area contributed by atoms with Crippen LogP contribution in [0, 0.1) is 0 Å². The smallest absolute Gasteiger partial charge is 0.323 e. The van der Waals surface area contributed by atoms with Gasteiger partial charge in [0.15, 0.2) is 0 Å². The Bertz CT molecular complexity index is 451. The fourth-order valence-electron chi connectivity index (χ4n) is 1.98. The molecule has 0 saturated carbocycles. The largest absolute Gasteiger partial charge is 0.492 e. The summed E-state index contributed by atoms with van der Waals surface area (Å²) in [5, 5.41) is 20.8. The first kappa shape index (κ1) is 17.3. The normalized spacial score (nSPS) is 10.4. The number of aliphatic hydroxyl groups is 1. The number of hydrogen-bond donors (Lipinski definition) is 3. The van der Waals surface area contributed by atoms with E-state index in [9.17, 15) is 4.79 Å². The Hall–Kier alpha value is -1.79. The molecule has 0 aliphatic heterocycles. The van der Waals surface area contributed by atoms with E-state index in [1.807, 2.05) is 25.1 Å². The number of carboxylic acid groups (broad SMARTS) is 1. The molecule has 118 valence electrons. The van der Waals surface area contributed by atoms with E-state index in [0.29, 0.717) is 18.9 Å². The van der Waals surface area contributed by atoms with Gasteiger partial charge in [0.05, 0.1) is 12.3 Å². The van der Waals surface area contributed by atoms with E-state index in [0.717, 1.165) is 24.2 Å². The number of anilines is 1. The molecule has 1 rings (SSSR count). The van der Waals surface area contributed by atoms with Crippen LogP contribution in [-0.4, -0.2) is 49.5 Å². The SMILES string of the molecule is CCOc1cc(CNCCCO)ccc1N(C)CC(=O)O. The van der Waals surface area contributed by atoms with Crippen molar-refractivity contribution in [3.8, 4) is 5.75 Å². The lowest BCUT2D eigenvalue weighted by molar-refractivity contribution is -0.135. The highest BCUT2D eigenvalue weighted by Gasteiger charge is 2.12. The quantitative estimate of drug-likeness (QED) is 0.561. The maximum Gasteiger partial charge on any atom is 0.323 e. The fourth-order valence-corrected chi connectivity index (χ4v) is 1.98. The summed E-state index contributed by atoms with van der Waals surface area (Å²) in [4.78, 5) is 12.5. The van der Waals surface area contributed by atoms with Gasteiger partial charge in [-0.1, -0.05) is 6.07 Å². The number of hydrogen-bond acceptors (Lipinski definition) is 5. The van der Waals surface area contributed by atoms with Crippen LogP contribution in [0.5, 0.6) is 5.75 Å². The molecule has 0 fully saturated rings. The van der Waals surface area contributed by atoms with Crippen LogP contribution in [0.15, 0.2) is 18.2 Å². The molecular formula is C15H24N2O4. The Morgan fingerprint density at radius 3 is 2.81 bits per heavy atom. The molecule has 0 aromatic heterocycles. The summed E-state index contributed by atoms with van der Waals surface area (Å²) in [5.41, 5.74) is 1.82. The van der Waals surface area contributed by atoms with Crippen molar-refractivity contribution in [2.45, 2.75) is 19.9 Å². The first-order chi connectivity index (χ1) is 10.1. The third-order valence-corrected chi connectivity index (χ3v) is 2.95. The number of carboxylic acids is 1. The summed E-state index contributed by atoms with van der Waals surface area (Å²) in [5.74, 6) is -0.197. The summed E-state index contributed by atoms with van der Waals surface area (Å²) in [6, 6.07) is 5.74. The average Bonchev–Trinajstić information content (AvgIpc) is 2.43. The second-order valence-corrected chi connectivity index (χ2v) is 4.74. The highest BCUT2D eigenvalue weighted by atomic mass is 16.5. The van der Waals surface area contributed by atoms with Crippen molar-refractivity contribution in [1.82, 2.24) is 5.32 Å². The summed E-state index contributed by atoms with van der Waals surface area (Å²) in [6.45, 7) is 3.96. The zero-order valence-electron chi connectivity index (χ0n) is 12.6. The Morgan fingerprint density at radius 2 is 2.19 bits per heavy atom. The number of ether oxygens (including phenoxy) is 1. The molecule has 0 bridgehead atoms. The van der Waals surface area contributed by atoms with Gasteiger partial charge in [-0.05, 0) is 37.6 Å². The molecule has 0 saturated heterocycles. The van der Waals surface area contributed by atoms with Gasteiger partial charge in [-0.3, -0.25) is 4.79 Å². The molecule has 3 N–H and O–H groups in total. The highest BCUT2D eigenvalue weighted by Crippen LogP contribution is 2.28. The van der Waals surface area contributed by atoms with E-state index >= 15 is 0 Å². The molecule has 0 heterocycles. The van der Waals surface area contributed by atoms with Gasteiger partial charge in [-0.25, -0.2) is 0 Å². The number of carbonyl (C=O) groups is 1. The van der Waals surface area contributed by atoms with Crippen LogP contribution in [0.4, 0.5) is 5.69 Å². The van der Waals surface area contributed by atoms with Crippen molar-refractivity contribution >= 4 is 11.7 Å². The number of nitrogens with zero attached hydrogens (tertiary/aromatic N) is 1. The Kier molecular flexibility index (Phi) is 7.56. The van der Waals surface area contributed by atoms with Gasteiger partial charge in [0.2, 0.25) is 0 Å². The van der Waals surface area contributed by atoms with Gasteiger partial charge in [-0.15, -0.1) is 0 Å². The van der Waals surface area contributed by atoms with Crippen LogP contribution in [0.25, 0.3) is 0 Å². The number of nitrogens with one attached hydrogen (secondary N) is 1. The van der Waals surface area contributed by atoms with Gasteiger partial charge >= 0.3 is 5.97 Å². The minimum Gasteiger partial charge on any atom is -0.492 e. The Morgan fingerprint density at radius 1 is 1.43 bits per heavy atom. The number of benzene rings is 1. The van der Waals surface area contributed by atoms with Crippen molar-refractivity contribution in [2.24, 2.45) is 0 Å². The maximum absolute atomic E-state index is 10.8. The first-order valence-electron chi connectivity index (χ1n) is 7.08. The first-order valence-corrected chi connectivity index (χ1v) is 7.08. The molecule has 1 aromatic rings. The molecular weight excluding hydrogens is 272 g/mol. The van der Waals surface area contributed by atoms with Gasteiger partial charge in [0.1, 0.15) is 12.3 Å². The van der Waals surface area contributed by atoms with Crippen molar-refractivity contribution in [3.05, 3.63) is 23.8 Å². The van der Waals surface area contributed by atoms with Crippen LogP contribution >= 0.6 is 0 Å². The van der Waals surface area contributed by atoms with Crippen molar-refractivity contribution in [3.63, 3.8) is 0 Å². The van der Waals surface area contributed by atoms with Crippen LogP contribution < -0.4 is 15.0 Å². The van der Waals surface area contributed by atoms with Crippen molar-refractivity contribution < 1.29 is 19.7 Å². The monoisotopic (exact) mass is 296 g/mol. The molecule has 0 unspecified atom stereocenters. The van der Waals surface area contributed by atoms with Crippen LogP contribution in [-0.2, 0) is 11.3 Å². The summed E-state index contributed by atoms with van der Waals surface area (Å²) >= 11 is 0. The standard InChI is InChI=1S/C15H24N2O4/c1-3-21-14-9-12(10-16-7-4-8-18)5-6-13(14)17(2)11-15(19)20/h5-6,9,16,18H,3-4,7-8,10-11H2,1-2H3,(H,19,20). The lowest BCUT2D eigenvalue weighted by Crippen LogP contribution is -2.25. The molecule has 6 heteroatoms. The zero-order chi connectivity index (χ0) is 15.7. The zero-order valence-corrected chi connectivity index (χ0v) is 12.6. The summed E-state index contributed by atoms with van der Waals surface area (Å²) in [7, 11) is 1.73. The number of aliphatic carboxylic acids is 1. The van der Waals surface area contributed by atoms with Crippen molar-refractivity contribution in [2.75, 3.05) is 38.3 Å². The molecule has 1 aromatic carbocycles. The fraction of sp³-hybridized carbons (Fsp3) is 0.533. The predicted molar refractivity (Wildman–Crippen MR) is 81.9 cm³/mol. The van der Waals surface area contributed by atoms with Gasteiger partial charge in [0, 0.05) is 20.2 Å². The third-order valence-electron chi connectivity index (χ3n) is 2.95. The molecule has 0 aliphatic rings. The second-order valence-electron chi connectivity index (χ2n) is 4.74. The lowest BCUT2D eigenvalue weighted by Gasteiger charge is -2.21. The van der Waals surface area contributed by atoms with Crippen LogP contribution in [0.1, 0.15) is 18.9 Å². The van der Waals surface area contributed by atoms with Crippen LogP contribution in [0.3, 0.4) is 0 Å². The molecule has 6 nitrogen and oxygen atoms in total. The predicted octanol–water partition coefficient (Wildman–Crippen LogP) is 1.08.